The highest BCUT2D eigenvalue weighted by Crippen LogP contribution is 2.33. The van der Waals surface area contributed by atoms with Crippen molar-refractivity contribution in [3.05, 3.63) is 41.5 Å². The molecule has 1 aliphatic heterocycles. The molecule has 20 heavy (non-hydrogen) atoms. The third-order valence-electron chi connectivity index (χ3n) is 4.03. The summed E-state index contributed by atoms with van der Waals surface area (Å²) in [6, 6.07) is 6.90. The van der Waals surface area contributed by atoms with Crippen molar-refractivity contribution in [2.75, 3.05) is 13.1 Å². The first-order chi connectivity index (χ1) is 9.46. The van der Waals surface area contributed by atoms with Crippen LogP contribution in [0.2, 0.25) is 0 Å². The SMILES string of the molecule is Cc1ccc(S(=O)(=O)N2CC3=CCC(=O)CC3C2)cc1. The fourth-order valence-corrected chi connectivity index (χ4v) is 4.31. The third kappa shape index (κ3) is 2.31. The van der Waals surface area contributed by atoms with E-state index in [2.05, 4.69) is 0 Å². The Bertz CT molecular complexity index is 674. The number of Topliss-reactive ketones (excluding diaryl/α,β-unsaturated/α-hetero) is 1. The van der Waals surface area contributed by atoms with Crippen LogP contribution in [0.3, 0.4) is 0 Å². The van der Waals surface area contributed by atoms with Crippen LogP contribution in [0.1, 0.15) is 18.4 Å². The molecule has 0 amide bonds. The van der Waals surface area contributed by atoms with Gasteiger partial charge in [0, 0.05) is 31.8 Å². The van der Waals surface area contributed by atoms with Crippen LogP contribution in [0.4, 0.5) is 0 Å². The van der Waals surface area contributed by atoms with Gasteiger partial charge in [-0.1, -0.05) is 29.3 Å². The summed E-state index contributed by atoms with van der Waals surface area (Å²) in [6.07, 6.45) is 2.83. The number of aryl methyl sites for hydroxylation is 1. The summed E-state index contributed by atoms with van der Waals surface area (Å²) in [6.45, 7) is 2.78. The highest BCUT2D eigenvalue weighted by atomic mass is 32.2. The minimum absolute atomic E-state index is 0.0801. The van der Waals surface area contributed by atoms with E-state index in [0.717, 1.165) is 11.1 Å². The van der Waals surface area contributed by atoms with E-state index in [9.17, 15) is 13.2 Å². The molecule has 4 nitrogen and oxygen atoms in total. The minimum atomic E-state index is -3.45. The fraction of sp³-hybridized carbons (Fsp3) is 0.400. The molecule has 1 aromatic carbocycles. The molecule has 1 saturated heterocycles. The van der Waals surface area contributed by atoms with Crippen LogP contribution < -0.4 is 0 Å². The topological polar surface area (TPSA) is 54.5 Å². The van der Waals surface area contributed by atoms with Crippen molar-refractivity contribution < 1.29 is 13.2 Å². The summed E-state index contributed by atoms with van der Waals surface area (Å²) in [7, 11) is -3.45. The number of allylic oxidation sites excluding steroid dienone is 1. The molecule has 2 aliphatic rings. The van der Waals surface area contributed by atoms with Crippen LogP contribution in [0.25, 0.3) is 0 Å². The Labute approximate surface area is 119 Å². The molecule has 1 unspecified atom stereocenters. The molecule has 1 heterocycles. The molecule has 1 atom stereocenters. The molecule has 106 valence electrons. The van der Waals surface area contributed by atoms with Gasteiger partial charge >= 0.3 is 0 Å². The molecule has 0 N–H and O–H groups in total. The molecule has 0 bridgehead atoms. The summed E-state index contributed by atoms with van der Waals surface area (Å²) in [5.74, 6) is 0.282. The highest BCUT2D eigenvalue weighted by molar-refractivity contribution is 7.89. The Balaban J connectivity index is 1.87. The van der Waals surface area contributed by atoms with Crippen LogP contribution >= 0.6 is 0 Å². The number of carbonyl (C=O) groups is 1. The van der Waals surface area contributed by atoms with Gasteiger partial charge < -0.3 is 0 Å². The number of nitrogens with zero attached hydrogens (tertiary/aromatic N) is 1. The first kappa shape index (κ1) is 13.5. The van der Waals surface area contributed by atoms with E-state index in [1.165, 1.54) is 4.31 Å². The van der Waals surface area contributed by atoms with Crippen molar-refractivity contribution in [1.29, 1.82) is 0 Å². The molecule has 5 heteroatoms. The van der Waals surface area contributed by atoms with Crippen molar-refractivity contribution in [3.8, 4) is 0 Å². The van der Waals surface area contributed by atoms with Gasteiger partial charge in [0.2, 0.25) is 10.0 Å². The number of ketones is 1. The number of hydrogen-bond donors (Lipinski definition) is 0. The zero-order chi connectivity index (χ0) is 14.3. The van der Waals surface area contributed by atoms with Crippen LogP contribution in [-0.2, 0) is 14.8 Å². The molecule has 0 saturated carbocycles. The van der Waals surface area contributed by atoms with Crippen LogP contribution in [0, 0.1) is 12.8 Å². The molecule has 1 fully saturated rings. The summed E-state index contributed by atoms with van der Waals surface area (Å²) in [5, 5.41) is 0. The van der Waals surface area contributed by atoms with Gasteiger partial charge in [0.1, 0.15) is 5.78 Å². The maximum Gasteiger partial charge on any atom is 0.243 e. The van der Waals surface area contributed by atoms with E-state index in [1.54, 1.807) is 24.3 Å². The lowest BCUT2D eigenvalue weighted by atomic mass is 9.90. The summed E-state index contributed by atoms with van der Waals surface area (Å²) in [5.41, 5.74) is 2.13. The Morgan fingerprint density at radius 2 is 1.90 bits per heavy atom. The summed E-state index contributed by atoms with van der Waals surface area (Å²) in [4.78, 5) is 11.8. The Morgan fingerprint density at radius 3 is 2.60 bits per heavy atom. The number of sulfonamides is 1. The second kappa shape index (κ2) is 4.82. The normalized spacial score (nSPS) is 23.6. The first-order valence-corrected chi connectivity index (χ1v) is 8.18. The van der Waals surface area contributed by atoms with Gasteiger partial charge in [0.05, 0.1) is 4.90 Å². The Hall–Kier alpha value is -1.46. The fourth-order valence-electron chi connectivity index (χ4n) is 2.83. The van der Waals surface area contributed by atoms with E-state index in [0.29, 0.717) is 30.8 Å². The zero-order valence-corrected chi connectivity index (χ0v) is 12.2. The van der Waals surface area contributed by atoms with Crippen molar-refractivity contribution in [2.24, 2.45) is 5.92 Å². The van der Waals surface area contributed by atoms with E-state index in [4.69, 9.17) is 0 Å². The number of fused-ring (bicyclic) bond motifs is 1. The van der Waals surface area contributed by atoms with Crippen LogP contribution in [0.5, 0.6) is 0 Å². The second-order valence-corrected chi connectivity index (χ2v) is 7.47. The van der Waals surface area contributed by atoms with Gasteiger partial charge in [0.15, 0.2) is 0 Å². The van der Waals surface area contributed by atoms with E-state index < -0.39 is 10.0 Å². The molecule has 0 radical (unpaired) electrons. The van der Waals surface area contributed by atoms with Crippen LogP contribution in [0.15, 0.2) is 40.8 Å². The van der Waals surface area contributed by atoms with Crippen molar-refractivity contribution in [2.45, 2.75) is 24.7 Å². The lowest BCUT2D eigenvalue weighted by molar-refractivity contribution is -0.119. The lowest BCUT2D eigenvalue weighted by Crippen LogP contribution is -2.29. The van der Waals surface area contributed by atoms with Crippen molar-refractivity contribution in [1.82, 2.24) is 4.31 Å². The number of carbonyl (C=O) groups excluding carboxylic acids is 1. The first-order valence-electron chi connectivity index (χ1n) is 6.74. The van der Waals surface area contributed by atoms with Crippen molar-refractivity contribution >= 4 is 15.8 Å². The maximum absolute atomic E-state index is 12.6. The summed E-state index contributed by atoms with van der Waals surface area (Å²) < 4.78 is 26.7. The van der Waals surface area contributed by atoms with Gasteiger partial charge in [-0.05, 0) is 19.1 Å². The van der Waals surface area contributed by atoms with Gasteiger partial charge in [-0.3, -0.25) is 4.79 Å². The number of rotatable bonds is 2. The molecule has 3 rings (SSSR count). The Morgan fingerprint density at radius 1 is 1.20 bits per heavy atom. The average Bonchev–Trinajstić information content (AvgIpc) is 2.83. The largest absolute Gasteiger partial charge is 0.299 e. The quantitative estimate of drug-likeness (QED) is 0.782. The number of hydrogen-bond acceptors (Lipinski definition) is 3. The standard InChI is InChI=1S/C15H17NO3S/c1-11-2-6-15(7-3-11)20(18,19)16-9-12-4-5-14(17)8-13(12)10-16/h2-4,6-7,13H,5,8-10H2,1H3. The van der Waals surface area contributed by atoms with E-state index in [1.807, 2.05) is 13.0 Å². The zero-order valence-electron chi connectivity index (χ0n) is 11.4. The maximum atomic E-state index is 12.6. The van der Waals surface area contributed by atoms with Crippen molar-refractivity contribution in [3.63, 3.8) is 0 Å². The average molecular weight is 291 g/mol. The predicted molar refractivity (Wildman–Crippen MR) is 75.8 cm³/mol. The Kier molecular flexibility index (Phi) is 3.26. The molecule has 1 aliphatic carbocycles. The van der Waals surface area contributed by atoms with Gasteiger partial charge in [-0.25, -0.2) is 8.42 Å². The predicted octanol–water partition coefficient (Wildman–Crippen LogP) is 1.90. The summed E-state index contributed by atoms with van der Waals surface area (Å²) >= 11 is 0. The second-order valence-electron chi connectivity index (χ2n) is 5.53. The molecule has 0 aromatic heterocycles. The molecular weight excluding hydrogens is 274 g/mol. The van der Waals surface area contributed by atoms with E-state index >= 15 is 0 Å². The monoisotopic (exact) mass is 291 g/mol. The lowest BCUT2D eigenvalue weighted by Gasteiger charge is -2.16. The third-order valence-corrected chi connectivity index (χ3v) is 5.86. The smallest absolute Gasteiger partial charge is 0.243 e. The van der Waals surface area contributed by atoms with Gasteiger partial charge in [-0.2, -0.15) is 4.31 Å². The van der Waals surface area contributed by atoms with E-state index in [-0.39, 0.29) is 11.7 Å². The highest BCUT2D eigenvalue weighted by Gasteiger charge is 2.37. The van der Waals surface area contributed by atoms with Gasteiger partial charge in [0.25, 0.3) is 0 Å². The molecule has 0 spiro atoms. The number of benzene rings is 1. The molecule has 1 aromatic rings. The minimum Gasteiger partial charge on any atom is -0.299 e. The molecular formula is C15H17NO3S. The van der Waals surface area contributed by atoms with Crippen LogP contribution in [-0.4, -0.2) is 31.6 Å². The van der Waals surface area contributed by atoms with Gasteiger partial charge in [-0.15, -0.1) is 0 Å².